The molecule has 0 bridgehead atoms. The summed E-state index contributed by atoms with van der Waals surface area (Å²) in [5.74, 6) is -0.296. The van der Waals surface area contributed by atoms with Gasteiger partial charge in [0.2, 0.25) is 11.8 Å². The largest absolute Gasteiger partial charge is 0.368 e. The van der Waals surface area contributed by atoms with E-state index in [4.69, 9.17) is 5.73 Å². The molecule has 0 aromatic rings. The van der Waals surface area contributed by atoms with E-state index in [1.165, 1.54) is 0 Å². The van der Waals surface area contributed by atoms with Crippen LogP contribution < -0.4 is 16.4 Å². The first kappa shape index (κ1) is 9.98. The molecule has 5 heteroatoms. The van der Waals surface area contributed by atoms with Gasteiger partial charge in [0.05, 0.1) is 12.5 Å². The number of carbonyl (C=O) groups excluding carboxylic acids is 2. The van der Waals surface area contributed by atoms with Crippen LogP contribution in [-0.2, 0) is 9.59 Å². The second kappa shape index (κ2) is 4.23. The minimum Gasteiger partial charge on any atom is -0.368 e. The molecule has 1 rings (SSSR count). The molecular formula is C8H15N3O2. The van der Waals surface area contributed by atoms with Crippen molar-refractivity contribution in [2.24, 2.45) is 17.6 Å². The molecule has 2 amide bonds. The van der Waals surface area contributed by atoms with Crippen molar-refractivity contribution in [1.82, 2.24) is 10.6 Å². The van der Waals surface area contributed by atoms with Gasteiger partial charge in [-0.25, -0.2) is 0 Å². The van der Waals surface area contributed by atoms with Gasteiger partial charge >= 0.3 is 0 Å². The van der Waals surface area contributed by atoms with E-state index in [1.807, 2.05) is 6.92 Å². The van der Waals surface area contributed by atoms with Gasteiger partial charge in [-0.2, -0.15) is 0 Å². The first-order valence-electron chi connectivity index (χ1n) is 4.38. The van der Waals surface area contributed by atoms with Gasteiger partial charge < -0.3 is 16.4 Å². The molecular weight excluding hydrogens is 170 g/mol. The van der Waals surface area contributed by atoms with E-state index in [-0.39, 0.29) is 18.4 Å². The number of primary amides is 1. The van der Waals surface area contributed by atoms with Crippen LogP contribution in [0.2, 0.25) is 0 Å². The zero-order chi connectivity index (χ0) is 9.84. The van der Waals surface area contributed by atoms with E-state index in [0.29, 0.717) is 12.5 Å². The number of nitrogens with one attached hydrogen (secondary N) is 2. The van der Waals surface area contributed by atoms with Crippen LogP contribution in [0.3, 0.4) is 0 Å². The smallest absolute Gasteiger partial charge is 0.236 e. The SMILES string of the molecule is C[C@@H]1CNC[C@H]1C(=O)NCC(N)=O. The predicted octanol–water partition coefficient (Wildman–Crippen LogP) is -1.56. The van der Waals surface area contributed by atoms with Crippen molar-refractivity contribution in [3.05, 3.63) is 0 Å². The number of rotatable bonds is 3. The fourth-order valence-corrected chi connectivity index (χ4v) is 1.47. The normalized spacial score (nSPS) is 27.2. The van der Waals surface area contributed by atoms with Crippen LogP contribution in [0.1, 0.15) is 6.92 Å². The number of amides is 2. The fraction of sp³-hybridized carbons (Fsp3) is 0.750. The van der Waals surface area contributed by atoms with Crippen molar-refractivity contribution in [2.75, 3.05) is 19.6 Å². The standard InChI is InChI=1S/C8H15N3O2/c1-5-2-10-3-6(5)8(13)11-4-7(9)12/h5-6,10H,2-4H2,1H3,(H2,9,12)(H,11,13)/t5-,6-/m1/s1. The first-order valence-corrected chi connectivity index (χ1v) is 4.38. The molecule has 74 valence electrons. The molecule has 1 heterocycles. The summed E-state index contributed by atoms with van der Waals surface area (Å²) in [6, 6.07) is 0. The zero-order valence-corrected chi connectivity index (χ0v) is 7.67. The second-order valence-corrected chi connectivity index (χ2v) is 3.43. The molecule has 1 aliphatic rings. The Labute approximate surface area is 77.1 Å². The summed E-state index contributed by atoms with van der Waals surface area (Å²) in [6.07, 6.45) is 0. The topological polar surface area (TPSA) is 84.2 Å². The first-order chi connectivity index (χ1) is 6.11. The van der Waals surface area contributed by atoms with Gasteiger partial charge in [0.15, 0.2) is 0 Å². The van der Waals surface area contributed by atoms with Crippen molar-refractivity contribution in [3.8, 4) is 0 Å². The van der Waals surface area contributed by atoms with Crippen molar-refractivity contribution in [1.29, 1.82) is 0 Å². The predicted molar refractivity (Wildman–Crippen MR) is 47.7 cm³/mol. The Kier molecular flexibility index (Phi) is 3.25. The van der Waals surface area contributed by atoms with Gasteiger partial charge in [-0.1, -0.05) is 6.92 Å². The molecule has 0 unspecified atom stereocenters. The lowest BCUT2D eigenvalue weighted by Crippen LogP contribution is -2.39. The fourth-order valence-electron chi connectivity index (χ4n) is 1.47. The molecule has 0 spiro atoms. The molecule has 1 aliphatic heterocycles. The third-order valence-electron chi connectivity index (χ3n) is 2.29. The lowest BCUT2D eigenvalue weighted by Gasteiger charge is -2.12. The third kappa shape index (κ3) is 2.69. The minimum atomic E-state index is -0.507. The van der Waals surface area contributed by atoms with Crippen LogP contribution in [0.15, 0.2) is 0 Å². The van der Waals surface area contributed by atoms with Crippen LogP contribution in [-0.4, -0.2) is 31.4 Å². The van der Waals surface area contributed by atoms with E-state index in [9.17, 15) is 9.59 Å². The van der Waals surface area contributed by atoms with Crippen molar-refractivity contribution >= 4 is 11.8 Å². The van der Waals surface area contributed by atoms with E-state index in [1.54, 1.807) is 0 Å². The van der Waals surface area contributed by atoms with E-state index >= 15 is 0 Å². The van der Waals surface area contributed by atoms with Crippen LogP contribution in [0.25, 0.3) is 0 Å². The maximum atomic E-state index is 11.4. The summed E-state index contributed by atoms with van der Waals surface area (Å²) >= 11 is 0. The molecule has 1 fully saturated rings. The Morgan fingerprint density at radius 3 is 2.69 bits per heavy atom. The highest BCUT2D eigenvalue weighted by Crippen LogP contribution is 2.15. The average Bonchev–Trinajstić information content (AvgIpc) is 2.47. The van der Waals surface area contributed by atoms with Crippen LogP contribution in [0.4, 0.5) is 0 Å². The molecule has 0 radical (unpaired) electrons. The Morgan fingerprint density at radius 1 is 1.54 bits per heavy atom. The molecule has 0 aromatic carbocycles. The Hall–Kier alpha value is -1.10. The van der Waals surface area contributed by atoms with Crippen LogP contribution in [0, 0.1) is 11.8 Å². The molecule has 0 saturated carbocycles. The van der Waals surface area contributed by atoms with Gasteiger partial charge in [-0.15, -0.1) is 0 Å². The lowest BCUT2D eigenvalue weighted by molar-refractivity contribution is -0.128. The highest BCUT2D eigenvalue weighted by Gasteiger charge is 2.29. The second-order valence-electron chi connectivity index (χ2n) is 3.43. The lowest BCUT2D eigenvalue weighted by atomic mass is 9.97. The minimum absolute atomic E-state index is 0.0284. The van der Waals surface area contributed by atoms with Crippen molar-refractivity contribution < 1.29 is 9.59 Å². The Bertz CT molecular complexity index is 217. The molecule has 0 aromatic heterocycles. The van der Waals surface area contributed by atoms with Crippen LogP contribution >= 0.6 is 0 Å². The summed E-state index contributed by atoms with van der Waals surface area (Å²) in [6.45, 7) is 3.48. The van der Waals surface area contributed by atoms with Crippen molar-refractivity contribution in [2.45, 2.75) is 6.92 Å². The highest BCUT2D eigenvalue weighted by atomic mass is 16.2. The zero-order valence-electron chi connectivity index (χ0n) is 7.67. The monoisotopic (exact) mass is 185 g/mol. The summed E-state index contributed by atoms with van der Waals surface area (Å²) < 4.78 is 0. The van der Waals surface area contributed by atoms with Gasteiger partial charge in [0.25, 0.3) is 0 Å². The van der Waals surface area contributed by atoms with E-state index in [2.05, 4.69) is 10.6 Å². The van der Waals surface area contributed by atoms with Crippen LogP contribution in [0.5, 0.6) is 0 Å². The maximum Gasteiger partial charge on any atom is 0.236 e. The van der Waals surface area contributed by atoms with E-state index < -0.39 is 5.91 Å². The Morgan fingerprint density at radius 2 is 2.23 bits per heavy atom. The maximum absolute atomic E-state index is 11.4. The van der Waals surface area contributed by atoms with Gasteiger partial charge in [-0.05, 0) is 12.5 Å². The average molecular weight is 185 g/mol. The summed E-state index contributed by atoms with van der Waals surface area (Å²) in [4.78, 5) is 21.8. The van der Waals surface area contributed by atoms with Gasteiger partial charge in [0.1, 0.15) is 0 Å². The summed E-state index contributed by atoms with van der Waals surface area (Å²) in [5, 5.41) is 5.61. The number of hydrogen-bond acceptors (Lipinski definition) is 3. The molecule has 1 saturated heterocycles. The number of carbonyl (C=O) groups is 2. The van der Waals surface area contributed by atoms with Gasteiger partial charge in [-0.3, -0.25) is 9.59 Å². The van der Waals surface area contributed by atoms with Crippen molar-refractivity contribution in [3.63, 3.8) is 0 Å². The molecule has 0 aliphatic carbocycles. The molecule has 13 heavy (non-hydrogen) atoms. The number of nitrogens with two attached hydrogens (primary N) is 1. The third-order valence-corrected chi connectivity index (χ3v) is 2.29. The summed E-state index contributed by atoms with van der Waals surface area (Å²) in [5.41, 5.74) is 4.90. The summed E-state index contributed by atoms with van der Waals surface area (Å²) in [7, 11) is 0. The van der Waals surface area contributed by atoms with Gasteiger partial charge in [0, 0.05) is 6.54 Å². The molecule has 5 nitrogen and oxygen atoms in total. The Balaban J connectivity index is 2.34. The van der Waals surface area contributed by atoms with E-state index in [0.717, 1.165) is 6.54 Å². The quantitative estimate of drug-likeness (QED) is 0.497. The molecule has 4 N–H and O–H groups in total. The molecule has 2 atom stereocenters. The number of hydrogen-bond donors (Lipinski definition) is 3. The highest BCUT2D eigenvalue weighted by molar-refractivity contribution is 5.85.